The molecule has 0 unspecified atom stereocenters. The molecule has 3 heteroatoms. The van der Waals surface area contributed by atoms with Gasteiger partial charge in [0.2, 0.25) is 0 Å². The number of pyridine rings is 1. The van der Waals surface area contributed by atoms with E-state index in [9.17, 15) is 0 Å². The molecule has 162 valence electrons. The van der Waals surface area contributed by atoms with Crippen LogP contribution in [-0.2, 0) is 19.4 Å². The van der Waals surface area contributed by atoms with E-state index in [1.807, 2.05) is 42.6 Å². The van der Waals surface area contributed by atoms with Gasteiger partial charge in [0.1, 0.15) is 18.1 Å². The Balaban J connectivity index is 1.58. The first-order chi connectivity index (χ1) is 15.7. The zero-order chi connectivity index (χ0) is 22.3. The molecule has 0 fully saturated rings. The molecule has 32 heavy (non-hydrogen) atoms. The summed E-state index contributed by atoms with van der Waals surface area (Å²) in [5.74, 6) is 1.62. The molecule has 1 heterocycles. The minimum atomic E-state index is 0.394. The summed E-state index contributed by atoms with van der Waals surface area (Å²) in [6, 6.07) is 27.0. The molecule has 0 radical (unpaired) electrons. The molecule has 0 spiro atoms. The van der Waals surface area contributed by atoms with Crippen LogP contribution in [0.5, 0.6) is 11.5 Å². The van der Waals surface area contributed by atoms with Gasteiger partial charge in [0, 0.05) is 23.4 Å². The Morgan fingerprint density at radius 1 is 0.719 bits per heavy atom. The van der Waals surface area contributed by atoms with E-state index < -0.39 is 0 Å². The highest BCUT2D eigenvalue weighted by Gasteiger charge is 2.14. The Morgan fingerprint density at radius 2 is 1.41 bits per heavy atom. The van der Waals surface area contributed by atoms with Crippen molar-refractivity contribution < 1.29 is 9.47 Å². The van der Waals surface area contributed by atoms with E-state index in [-0.39, 0.29) is 0 Å². The third-order valence-corrected chi connectivity index (χ3v) is 5.75. The van der Waals surface area contributed by atoms with Gasteiger partial charge in [-0.25, -0.2) is 0 Å². The summed E-state index contributed by atoms with van der Waals surface area (Å²) in [6.07, 6.45) is 3.81. The highest BCUT2D eigenvalue weighted by molar-refractivity contribution is 5.69. The lowest BCUT2D eigenvalue weighted by Gasteiger charge is -2.16. The average Bonchev–Trinajstić information content (AvgIpc) is 2.87. The van der Waals surface area contributed by atoms with Crippen LogP contribution in [0.3, 0.4) is 0 Å². The zero-order valence-electron chi connectivity index (χ0n) is 19.0. The second kappa shape index (κ2) is 10.1. The SMILES string of the molecule is CCc1cccc(CC)c1-c1cc(OC)c(COc2cccc(-c3ccccc3)c2)cn1. The Hall–Kier alpha value is -3.59. The monoisotopic (exact) mass is 423 g/mol. The van der Waals surface area contributed by atoms with E-state index in [1.165, 1.54) is 22.3 Å². The second-order valence-corrected chi connectivity index (χ2v) is 7.72. The number of benzene rings is 3. The van der Waals surface area contributed by atoms with Crippen molar-refractivity contribution in [2.24, 2.45) is 0 Å². The third-order valence-electron chi connectivity index (χ3n) is 5.75. The molecule has 0 saturated carbocycles. The average molecular weight is 424 g/mol. The van der Waals surface area contributed by atoms with Gasteiger partial charge in [-0.05, 0) is 47.2 Å². The van der Waals surface area contributed by atoms with Gasteiger partial charge in [-0.3, -0.25) is 4.98 Å². The van der Waals surface area contributed by atoms with Gasteiger partial charge >= 0.3 is 0 Å². The molecule has 1 aromatic heterocycles. The smallest absolute Gasteiger partial charge is 0.129 e. The van der Waals surface area contributed by atoms with Gasteiger partial charge in [0.15, 0.2) is 0 Å². The molecular weight excluding hydrogens is 394 g/mol. The molecular formula is C29H29NO2. The molecule has 0 atom stereocenters. The molecule has 3 aromatic carbocycles. The number of rotatable bonds is 8. The van der Waals surface area contributed by atoms with Crippen LogP contribution in [0.25, 0.3) is 22.4 Å². The summed E-state index contributed by atoms with van der Waals surface area (Å²) in [5.41, 5.74) is 8.01. The molecule has 0 amide bonds. The van der Waals surface area contributed by atoms with Crippen LogP contribution in [0, 0.1) is 0 Å². The first-order valence-corrected chi connectivity index (χ1v) is 11.2. The Labute approximate surface area is 190 Å². The van der Waals surface area contributed by atoms with E-state index in [0.717, 1.165) is 41.2 Å². The van der Waals surface area contributed by atoms with Crippen molar-refractivity contribution >= 4 is 0 Å². The Kier molecular flexibility index (Phi) is 6.86. The third kappa shape index (κ3) is 4.67. The molecule has 0 aliphatic rings. The van der Waals surface area contributed by atoms with Gasteiger partial charge in [-0.15, -0.1) is 0 Å². The Morgan fingerprint density at radius 3 is 2.09 bits per heavy atom. The second-order valence-electron chi connectivity index (χ2n) is 7.72. The van der Waals surface area contributed by atoms with Gasteiger partial charge in [0.05, 0.1) is 12.8 Å². The van der Waals surface area contributed by atoms with Gasteiger partial charge in [0.25, 0.3) is 0 Å². The molecule has 0 saturated heterocycles. The number of ether oxygens (including phenoxy) is 2. The van der Waals surface area contributed by atoms with Crippen molar-refractivity contribution in [2.75, 3.05) is 7.11 Å². The number of aryl methyl sites for hydroxylation is 2. The standard InChI is InChI=1S/C29H29NO2/c1-4-21-13-9-14-22(5-2)29(21)27-18-28(31-3)25(19-30-27)20-32-26-16-10-15-24(17-26)23-11-7-6-8-12-23/h6-19H,4-5,20H2,1-3H3. The minimum Gasteiger partial charge on any atom is -0.496 e. The molecule has 3 nitrogen and oxygen atoms in total. The maximum absolute atomic E-state index is 6.11. The van der Waals surface area contributed by atoms with Crippen molar-refractivity contribution in [3.63, 3.8) is 0 Å². The summed E-state index contributed by atoms with van der Waals surface area (Å²) < 4.78 is 11.8. The van der Waals surface area contributed by atoms with Crippen LogP contribution in [0.4, 0.5) is 0 Å². The largest absolute Gasteiger partial charge is 0.496 e. The zero-order valence-corrected chi connectivity index (χ0v) is 19.0. The van der Waals surface area contributed by atoms with Crippen molar-refractivity contribution in [1.82, 2.24) is 4.98 Å². The van der Waals surface area contributed by atoms with Gasteiger partial charge in [-0.2, -0.15) is 0 Å². The molecule has 0 aliphatic heterocycles. The van der Waals surface area contributed by atoms with Crippen molar-refractivity contribution in [1.29, 1.82) is 0 Å². The normalized spacial score (nSPS) is 10.7. The maximum atomic E-state index is 6.11. The topological polar surface area (TPSA) is 31.4 Å². The van der Waals surface area contributed by atoms with Crippen molar-refractivity contribution in [3.8, 4) is 33.9 Å². The number of hydrogen-bond donors (Lipinski definition) is 0. The highest BCUT2D eigenvalue weighted by atomic mass is 16.5. The van der Waals surface area contributed by atoms with Gasteiger partial charge < -0.3 is 9.47 Å². The quantitative estimate of drug-likeness (QED) is 0.302. The Bertz CT molecular complexity index is 1160. The van der Waals surface area contributed by atoms with Crippen LogP contribution in [0.1, 0.15) is 30.5 Å². The van der Waals surface area contributed by atoms with Crippen LogP contribution in [0.2, 0.25) is 0 Å². The molecule has 0 N–H and O–H groups in total. The summed E-state index contributed by atoms with van der Waals surface area (Å²) in [7, 11) is 1.70. The van der Waals surface area contributed by atoms with E-state index >= 15 is 0 Å². The predicted octanol–water partition coefficient (Wildman–Crippen LogP) is 7.13. The van der Waals surface area contributed by atoms with Crippen molar-refractivity contribution in [2.45, 2.75) is 33.3 Å². The number of aromatic nitrogens is 1. The lowest BCUT2D eigenvalue weighted by Crippen LogP contribution is -2.02. The van der Waals surface area contributed by atoms with E-state index in [1.54, 1.807) is 7.11 Å². The summed E-state index contributed by atoms with van der Waals surface area (Å²) in [4.78, 5) is 4.79. The fourth-order valence-corrected chi connectivity index (χ4v) is 4.03. The van der Waals surface area contributed by atoms with E-state index in [4.69, 9.17) is 14.5 Å². The number of methoxy groups -OCH3 is 1. The number of nitrogens with zero attached hydrogens (tertiary/aromatic N) is 1. The van der Waals surface area contributed by atoms with Crippen LogP contribution in [0.15, 0.2) is 85.1 Å². The minimum absolute atomic E-state index is 0.394. The summed E-state index contributed by atoms with van der Waals surface area (Å²) in [6.45, 7) is 4.76. The van der Waals surface area contributed by atoms with E-state index in [2.05, 4.69) is 56.3 Å². The lowest BCUT2D eigenvalue weighted by molar-refractivity contribution is 0.296. The fourth-order valence-electron chi connectivity index (χ4n) is 4.03. The lowest BCUT2D eigenvalue weighted by atomic mass is 9.94. The first-order valence-electron chi connectivity index (χ1n) is 11.2. The van der Waals surface area contributed by atoms with Gasteiger partial charge in [-0.1, -0.05) is 74.5 Å². The fraction of sp³-hybridized carbons (Fsp3) is 0.207. The summed E-state index contributed by atoms with van der Waals surface area (Å²) >= 11 is 0. The number of hydrogen-bond acceptors (Lipinski definition) is 3. The molecule has 4 aromatic rings. The molecule has 4 rings (SSSR count). The van der Waals surface area contributed by atoms with Crippen LogP contribution in [-0.4, -0.2) is 12.1 Å². The van der Waals surface area contributed by atoms with Crippen molar-refractivity contribution in [3.05, 3.63) is 102 Å². The maximum Gasteiger partial charge on any atom is 0.129 e. The summed E-state index contributed by atoms with van der Waals surface area (Å²) in [5, 5.41) is 0. The van der Waals surface area contributed by atoms with E-state index in [0.29, 0.717) is 6.61 Å². The van der Waals surface area contributed by atoms with Crippen LogP contribution >= 0.6 is 0 Å². The first kappa shape index (κ1) is 21.6. The molecule has 0 bridgehead atoms. The predicted molar refractivity (Wildman–Crippen MR) is 131 cm³/mol. The highest BCUT2D eigenvalue weighted by Crippen LogP contribution is 2.32. The van der Waals surface area contributed by atoms with Crippen LogP contribution < -0.4 is 9.47 Å². The molecule has 0 aliphatic carbocycles.